The second kappa shape index (κ2) is 4.19. The molecule has 0 fully saturated rings. The van der Waals surface area contributed by atoms with Gasteiger partial charge in [0.15, 0.2) is 0 Å². The summed E-state index contributed by atoms with van der Waals surface area (Å²) in [5.41, 5.74) is 0.729. The molecule has 0 bridgehead atoms. The van der Waals surface area contributed by atoms with Gasteiger partial charge >= 0.3 is 0 Å². The molecule has 1 rings (SSSR count). The van der Waals surface area contributed by atoms with Crippen LogP contribution in [-0.4, -0.2) is 17.0 Å². The van der Waals surface area contributed by atoms with Gasteiger partial charge in [-0.3, -0.25) is 0 Å². The summed E-state index contributed by atoms with van der Waals surface area (Å²) in [4.78, 5) is 2.48. The lowest BCUT2D eigenvalue weighted by Gasteiger charge is -2.41. The summed E-state index contributed by atoms with van der Waals surface area (Å²) in [6.45, 7) is 15.1. The Balaban J connectivity index is 2.57. The van der Waals surface area contributed by atoms with Crippen LogP contribution in [0.25, 0.3) is 0 Å². The highest BCUT2D eigenvalue weighted by atomic mass is 15.2. The Morgan fingerprint density at radius 2 is 1.73 bits per heavy atom. The highest BCUT2D eigenvalue weighted by molar-refractivity contribution is 4.97. The third-order valence-corrected chi connectivity index (χ3v) is 2.97. The standard InChI is InChI=1S/C14H27N/c1-13(2,3)10-12-8-7-9-15(11-12)14(4,5)6/h7,9,12H,8,10-11H2,1-6H3. The number of allylic oxidation sites excluding steroid dienone is 1. The van der Waals surface area contributed by atoms with E-state index in [1.54, 1.807) is 0 Å². The molecule has 0 spiro atoms. The molecule has 0 radical (unpaired) electrons. The van der Waals surface area contributed by atoms with Crippen LogP contribution in [0.2, 0.25) is 0 Å². The first-order chi connectivity index (χ1) is 6.68. The van der Waals surface area contributed by atoms with Gasteiger partial charge in [-0.15, -0.1) is 0 Å². The van der Waals surface area contributed by atoms with Crippen molar-refractivity contribution in [3.05, 3.63) is 12.3 Å². The lowest BCUT2D eigenvalue weighted by atomic mass is 9.81. The minimum absolute atomic E-state index is 0.271. The van der Waals surface area contributed by atoms with Gasteiger partial charge in [0.25, 0.3) is 0 Å². The first-order valence-corrected chi connectivity index (χ1v) is 6.12. The van der Waals surface area contributed by atoms with Gasteiger partial charge in [0.05, 0.1) is 0 Å². The van der Waals surface area contributed by atoms with E-state index >= 15 is 0 Å². The monoisotopic (exact) mass is 209 g/mol. The van der Waals surface area contributed by atoms with Crippen LogP contribution in [0.1, 0.15) is 54.4 Å². The second-order valence-corrected chi connectivity index (χ2v) is 7.07. The van der Waals surface area contributed by atoms with E-state index in [9.17, 15) is 0 Å². The van der Waals surface area contributed by atoms with E-state index in [-0.39, 0.29) is 5.54 Å². The quantitative estimate of drug-likeness (QED) is 0.629. The van der Waals surface area contributed by atoms with Gasteiger partial charge in [-0.1, -0.05) is 26.8 Å². The van der Waals surface area contributed by atoms with E-state index in [2.05, 4.69) is 58.7 Å². The second-order valence-electron chi connectivity index (χ2n) is 7.07. The topological polar surface area (TPSA) is 3.24 Å². The van der Waals surface area contributed by atoms with Crippen molar-refractivity contribution in [3.63, 3.8) is 0 Å². The minimum Gasteiger partial charge on any atom is -0.373 e. The van der Waals surface area contributed by atoms with Crippen LogP contribution in [-0.2, 0) is 0 Å². The van der Waals surface area contributed by atoms with Gasteiger partial charge in [0.2, 0.25) is 0 Å². The van der Waals surface area contributed by atoms with Gasteiger partial charge in [0, 0.05) is 12.1 Å². The Morgan fingerprint density at radius 1 is 1.13 bits per heavy atom. The Kier molecular flexibility index (Phi) is 3.52. The Labute approximate surface area is 95.5 Å². The summed E-state index contributed by atoms with van der Waals surface area (Å²) in [5, 5.41) is 0. The van der Waals surface area contributed by atoms with Crippen molar-refractivity contribution in [2.24, 2.45) is 11.3 Å². The highest BCUT2D eigenvalue weighted by Gasteiger charge is 2.26. The van der Waals surface area contributed by atoms with E-state index in [0.717, 1.165) is 5.92 Å². The van der Waals surface area contributed by atoms with Crippen molar-refractivity contribution < 1.29 is 0 Å². The molecule has 15 heavy (non-hydrogen) atoms. The normalized spacial score (nSPS) is 23.3. The average molecular weight is 209 g/mol. The summed E-state index contributed by atoms with van der Waals surface area (Å²) in [5.74, 6) is 0.828. The van der Waals surface area contributed by atoms with Crippen LogP contribution < -0.4 is 0 Å². The molecule has 0 aromatic heterocycles. The third-order valence-electron chi connectivity index (χ3n) is 2.97. The summed E-state index contributed by atoms with van der Waals surface area (Å²) in [7, 11) is 0. The predicted molar refractivity (Wildman–Crippen MR) is 67.8 cm³/mol. The molecular formula is C14H27N. The van der Waals surface area contributed by atoms with Crippen LogP contribution >= 0.6 is 0 Å². The maximum Gasteiger partial charge on any atom is 0.0312 e. The highest BCUT2D eigenvalue weighted by Crippen LogP contribution is 2.31. The molecule has 0 amide bonds. The fourth-order valence-corrected chi connectivity index (χ4v) is 2.31. The van der Waals surface area contributed by atoms with Crippen LogP contribution in [0, 0.1) is 11.3 Å². The van der Waals surface area contributed by atoms with Crippen molar-refractivity contribution >= 4 is 0 Å². The summed E-state index contributed by atoms with van der Waals surface area (Å²) >= 11 is 0. The number of hydrogen-bond acceptors (Lipinski definition) is 1. The zero-order valence-corrected chi connectivity index (χ0v) is 11.3. The molecule has 0 saturated heterocycles. The summed E-state index contributed by atoms with van der Waals surface area (Å²) < 4.78 is 0. The molecular weight excluding hydrogens is 182 g/mol. The van der Waals surface area contributed by atoms with E-state index in [1.807, 2.05) is 0 Å². The molecule has 1 aliphatic rings. The van der Waals surface area contributed by atoms with Crippen LogP contribution in [0.5, 0.6) is 0 Å². The summed E-state index contributed by atoms with van der Waals surface area (Å²) in [6.07, 6.45) is 7.19. The van der Waals surface area contributed by atoms with Crippen molar-refractivity contribution in [1.82, 2.24) is 4.90 Å². The smallest absolute Gasteiger partial charge is 0.0312 e. The Hall–Kier alpha value is -0.460. The molecule has 0 N–H and O–H groups in total. The van der Waals surface area contributed by atoms with E-state index in [1.165, 1.54) is 19.4 Å². The minimum atomic E-state index is 0.271. The molecule has 1 heterocycles. The van der Waals surface area contributed by atoms with Crippen molar-refractivity contribution in [2.45, 2.75) is 59.9 Å². The molecule has 1 atom stereocenters. The van der Waals surface area contributed by atoms with E-state index in [4.69, 9.17) is 0 Å². The Bertz CT molecular complexity index is 227. The molecule has 1 unspecified atom stereocenters. The maximum atomic E-state index is 2.48. The van der Waals surface area contributed by atoms with E-state index in [0.29, 0.717) is 5.41 Å². The fraction of sp³-hybridized carbons (Fsp3) is 0.857. The van der Waals surface area contributed by atoms with Gasteiger partial charge < -0.3 is 4.90 Å². The molecule has 0 aromatic rings. The van der Waals surface area contributed by atoms with Crippen molar-refractivity contribution in [1.29, 1.82) is 0 Å². The molecule has 1 aliphatic heterocycles. The zero-order chi connectivity index (χ0) is 11.7. The maximum absolute atomic E-state index is 2.48. The molecule has 1 heteroatoms. The van der Waals surface area contributed by atoms with Gasteiger partial charge in [0.1, 0.15) is 0 Å². The SMILES string of the molecule is CC(C)(C)CC1CC=CN(C(C)(C)C)C1. The first-order valence-electron chi connectivity index (χ1n) is 6.12. The average Bonchev–Trinajstić information content (AvgIpc) is 1.99. The third kappa shape index (κ3) is 4.27. The van der Waals surface area contributed by atoms with Crippen molar-refractivity contribution in [2.75, 3.05) is 6.54 Å². The summed E-state index contributed by atoms with van der Waals surface area (Å²) in [6, 6.07) is 0. The largest absolute Gasteiger partial charge is 0.373 e. The van der Waals surface area contributed by atoms with E-state index < -0.39 is 0 Å². The molecule has 0 aliphatic carbocycles. The van der Waals surface area contributed by atoms with Crippen LogP contribution in [0.15, 0.2) is 12.3 Å². The number of hydrogen-bond donors (Lipinski definition) is 0. The lowest BCUT2D eigenvalue weighted by molar-refractivity contribution is 0.142. The van der Waals surface area contributed by atoms with Crippen LogP contribution in [0.4, 0.5) is 0 Å². The zero-order valence-electron chi connectivity index (χ0n) is 11.3. The van der Waals surface area contributed by atoms with Gasteiger partial charge in [-0.2, -0.15) is 0 Å². The first kappa shape index (κ1) is 12.6. The van der Waals surface area contributed by atoms with Gasteiger partial charge in [-0.05, 0) is 51.1 Å². The lowest BCUT2D eigenvalue weighted by Crippen LogP contribution is -2.42. The predicted octanol–water partition coefficient (Wildman–Crippen LogP) is 4.06. The molecule has 0 aromatic carbocycles. The number of rotatable bonds is 1. The molecule has 1 nitrogen and oxygen atoms in total. The van der Waals surface area contributed by atoms with Crippen LogP contribution in [0.3, 0.4) is 0 Å². The molecule has 0 saturated carbocycles. The number of nitrogens with zero attached hydrogens (tertiary/aromatic N) is 1. The van der Waals surface area contributed by atoms with Crippen molar-refractivity contribution in [3.8, 4) is 0 Å². The molecule has 88 valence electrons. The van der Waals surface area contributed by atoms with Gasteiger partial charge in [-0.25, -0.2) is 0 Å². The fourth-order valence-electron chi connectivity index (χ4n) is 2.31. The Morgan fingerprint density at radius 3 is 2.20 bits per heavy atom.